The Hall–Kier alpha value is -2.50. The van der Waals surface area contributed by atoms with Crippen molar-refractivity contribution >= 4 is 22.8 Å². The zero-order chi connectivity index (χ0) is 16.1. The van der Waals surface area contributed by atoms with Gasteiger partial charge in [0, 0.05) is 17.1 Å². The molecule has 0 unspecified atom stereocenters. The minimum Gasteiger partial charge on any atom is -0.483 e. The van der Waals surface area contributed by atoms with Crippen molar-refractivity contribution in [1.29, 1.82) is 0 Å². The smallest absolute Gasteiger partial charge is 0.325 e. The maximum Gasteiger partial charge on any atom is 0.325 e. The van der Waals surface area contributed by atoms with Crippen molar-refractivity contribution < 1.29 is 19.1 Å². The van der Waals surface area contributed by atoms with Gasteiger partial charge in [-0.05, 0) is 23.6 Å². The Morgan fingerprint density at radius 1 is 1.32 bits per heavy atom. The summed E-state index contributed by atoms with van der Waals surface area (Å²) in [5, 5.41) is 3.42. The third-order valence-corrected chi connectivity index (χ3v) is 3.34. The van der Waals surface area contributed by atoms with Gasteiger partial charge in [0.2, 0.25) is 0 Å². The molecule has 1 amide bonds. The van der Waals surface area contributed by atoms with Gasteiger partial charge >= 0.3 is 5.97 Å². The lowest BCUT2D eigenvalue weighted by Crippen LogP contribution is -2.33. The Bertz CT molecular complexity index is 676. The van der Waals surface area contributed by atoms with Crippen LogP contribution in [-0.2, 0) is 14.3 Å². The molecule has 0 fully saturated rings. The largest absolute Gasteiger partial charge is 0.483 e. The summed E-state index contributed by atoms with van der Waals surface area (Å²) in [5.74, 6) is 0.120. The van der Waals surface area contributed by atoms with Crippen molar-refractivity contribution in [2.24, 2.45) is 0 Å². The second kappa shape index (κ2) is 6.98. The highest BCUT2D eigenvalue weighted by molar-refractivity contribution is 5.90. The van der Waals surface area contributed by atoms with Gasteiger partial charge in [0.25, 0.3) is 5.91 Å². The number of carbonyl (C=O) groups is 2. The molecule has 1 aromatic heterocycles. The number of hydrogen-bond acceptors (Lipinski definition) is 4. The SMILES string of the molecule is COC(=O)CNC(=O)COc1cccc2[nH]cc(C(C)C)c12. The molecule has 0 spiro atoms. The molecule has 0 bridgehead atoms. The van der Waals surface area contributed by atoms with Gasteiger partial charge in [-0.2, -0.15) is 0 Å². The molecule has 1 aromatic carbocycles. The Labute approximate surface area is 128 Å². The van der Waals surface area contributed by atoms with E-state index in [1.54, 1.807) is 0 Å². The summed E-state index contributed by atoms with van der Waals surface area (Å²) < 4.78 is 10.1. The van der Waals surface area contributed by atoms with E-state index < -0.39 is 5.97 Å². The van der Waals surface area contributed by atoms with Crippen LogP contribution in [0.15, 0.2) is 24.4 Å². The second-order valence-electron chi connectivity index (χ2n) is 5.22. The minimum atomic E-state index is -0.497. The van der Waals surface area contributed by atoms with Crippen LogP contribution < -0.4 is 10.1 Å². The zero-order valence-electron chi connectivity index (χ0n) is 12.9. The van der Waals surface area contributed by atoms with E-state index in [9.17, 15) is 9.59 Å². The number of H-pyrrole nitrogens is 1. The molecule has 22 heavy (non-hydrogen) atoms. The molecular weight excluding hydrogens is 284 g/mol. The van der Waals surface area contributed by atoms with Crippen molar-refractivity contribution in [2.45, 2.75) is 19.8 Å². The number of hydrogen-bond donors (Lipinski definition) is 2. The molecule has 2 aromatic rings. The summed E-state index contributed by atoms with van der Waals surface area (Å²) in [5.41, 5.74) is 2.11. The van der Waals surface area contributed by atoms with E-state index in [2.05, 4.69) is 28.9 Å². The number of amides is 1. The Kier molecular flexibility index (Phi) is 5.04. The van der Waals surface area contributed by atoms with E-state index in [4.69, 9.17) is 4.74 Å². The topological polar surface area (TPSA) is 80.4 Å². The number of aromatic amines is 1. The van der Waals surface area contributed by atoms with E-state index in [1.807, 2.05) is 24.4 Å². The van der Waals surface area contributed by atoms with Crippen LogP contribution in [0.25, 0.3) is 10.9 Å². The summed E-state index contributed by atoms with van der Waals surface area (Å²) in [4.78, 5) is 25.8. The maximum absolute atomic E-state index is 11.7. The number of nitrogens with one attached hydrogen (secondary N) is 2. The average molecular weight is 304 g/mol. The van der Waals surface area contributed by atoms with Crippen LogP contribution in [0.4, 0.5) is 0 Å². The number of fused-ring (bicyclic) bond motifs is 1. The average Bonchev–Trinajstić information content (AvgIpc) is 2.95. The fraction of sp³-hybridized carbons (Fsp3) is 0.375. The Balaban J connectivity index is 2.07. The van der Waals surface area contributed by atoms with Crippen LogP contribution in [0.5, 0.6) is 5.75 Å². The highest BCUT2D eigenvalue weighted by Crippen LogP contribution is 2.32. The third-order valence-electron chi connectivity index (χ3n) is 3.34. The fourth-order valence-corrected chi connectivity index (χ4v) is 2.19. The van der Waals surface area contributed by atoms with E-state index in [0.29, 0.717) is 11.7 Å². The summed E-state index contributed by atoms with van der Waals surface area (Å²) in [6.07, 6.45) is 1.96. The van der Waals surface area contributed by atoms with E-state index in [-0.39, 0.29) is 19.1 Å². The first-order valence-corrected chi connectivity index (χ1v) is 7.09. The molecule has 0 saturated heterocycles. The fourth-order valence-electron chi connectivity index (χ4n) is 2.19. The predicted molar refractivity (Wildman–Crippen MR) is 82.9 cm³/mol. The van der Waals surface area contributed by atoms with Gasteiger partial charge in [-0.15, -0.1) is 0 Å². The standard InChI is InChI=1S/C16H20N2O4/c1-10(2)11-7-17-12-5-4-6-13(16(11)12)22-9-14(19)18-8-15(20)21-3/h4-7,10,17H,8-9H2,1-3H3,(H,18,19). The van der Waals surface area contributed by atoms with Gasteiger partial charge < -0.3 is 19.8 Å². The van der Waals surface area contributed by atoms with Crippen molar-refractivity contribution in [1.82, 2.24) is 10.3 Å². The highest BCUT2D eigenvalue weighted by Gasteiger charge is 2.13. The molecule has 6 nitrogen and oxygen atoms in total. The summed E-state index contributed by atoms with van der Waals surface area (Å²) in [7, 11) is 1.27. The number of benzene rings is 1. The summed E-state index contributed by atoms with van der Waals surface area (Å²) >= 11 is 0. The second-order valence-corrected chi connectivity index (χ2v) is 5.22. The molecule has 0 radical (unpaired) electrons. The first-order chi connectivity index (χ1) is 10.5. The van der Waals surface area contributed by atoms with Crippen molar-refractivity contribution in [3.8, 4) is 5.75 Å². The van der Waals surface area contributed by atoms with Crippen molar-refractivity contribution in [3.05, 3.63) is 30.0 Å². The van der Waals surface area contributed by atoms with Crippen LogP contribution in [0.3, 0.4) is 0 Å². The zero-order valence-corrected chi connectivity index (χ0v) is 12.9. The first-order valence-electron chi connectivity index (χ1n) is 7.09. The van der Waals surface area contributed by atoms with E-state index >= 15 is 0 Å². The van der Waals surface area contributed by atoms with Gasteiger partial charge in [-0.3, -0.25) is 9.59 Å². The molecular formula is C16H20N2O4. The van der Waals surface area contributed by atoms with Crippen LogP contribution >= 0.6 is 0 Å². The van der Waals surface area contributed by atoms with Gasteiger partial charge in [0.05, 0.1) is 7.11 Å². The normalized spacial score (nSPS) is 10.7. The third kappa shape index (κ3) is 3.58. The lowest BCUT2D eigenvalue weighted by molar-refractivity contribution is -0.141. The molecule has 1 heterocycles. The molecule has 6 heteroatoms. The van der Waals surface area contributed by atoms with E-state index in [1.165, 1.54) is 7.11 Å². The molecule has 0 aliphatic rings. The maximum atomic E-state index is 11.7. The lowest BCUT2D eigenvalue weighted by atomic mass is 10.0. The number of methoxy groups -OCH3 is 1. The van der Waals surface area contributed by atoms with Gasteiger partial charge in [0.1, 0.15) is 12.3 Å². The predicted octanol–water partition coefficient (Wildman–Crippen LogP) is 1.96. The van der Waals surface area contributed by atoms with Gasteiger partial charge in [0.15, 0.2) is 6.61 Å². The number of carbonyl (C=O) groups excluding carboxylic acids is 2. The monoisotopic (exact) mass is 304 g/mol. The Morgan fingerprint density at radius 3 is 2.77 bits per heavy atom. The number of esters is 1. The number of rotatable bonds is 6. The van der Waals surface area contributed by atoms with Gasteiger partial charge in [-0.1, -0.05) is 19.9 Å². The van der Waals surface area contributed by atoms with Crippen LogP contribution in [0.2, 0.25) is 0 Å². The number of aromatic nitrogens is 1. The first kappa shape index (κ1) is 15.9. The van der Waals surface area contributed by atoms with Gasteiger partial charge in [-0.25, -0.2) is 0 Å². The molecule has 0 atom stereocenters. The van der Waals surface area contributed by atoms with Crippen molar-refractivity contribution in [3.63, 3.8) is 0 Å². The van der Waals surface area contributed by atoms with Crippen LogP contribution in [0, 0.1) is 0 Å². The summed E-state index contributed by atoms with van der Waals surface area (Å²) in [6, 6.07) is 5.66. The Morgan fingerprint density at radius 2 is 2.09 bits per heavy atom. The van der Waals surface area contributed by atoms with Crippen molar-refractivity contribution in [2.75, 3.05) is 20.3 Å². The van der Waals surface area contributed by atoms with Crippen LogP contribution in [0.1, 0.15) is 25.3 Å². The minimum absolute atomic E-state index is 0.154. The molecule has 118 valence electrons. The quantitative estimate of drug-likeness (QED) is 0.799. The molecule has 0 saturated carbocycles. The lowest BCUT2D eigenvalue weighted by Gasteiger charge is -2.10. The molecule has 2 N–H and O–H groups in total. The highest BCUT2D eigenvalue weighted by atomic mass is 16.5. The molecule has 0 aliphatic carbocycles. The number of ether oxygens (including phenoxy) is 2. The summed E-state index contributed by atoms with van der Waals surface area (Å²) in [6.45, 7) is 3.88. The van der Waals surface area contributed by atoms with Crippen LogP contribution in [-0.4, -0.2) is 37.1 Å². The molecule has 2 rings (SSSR count). The van der Waals surface area contributed by atoms with E-state index in [0.717, 1.165) is 16.5 Å². The molecule has 0 aliphatic heterocycles.